The van der Waals surface area contributed by atoms with Gasteiger partial charge in [-0.05, 0) is 30.7 Å². The highest BCUT2D eigenvalue weighted by molar-refractivity contribution is 6.03. The van der Waals surface area contributed by atoms with Crippen LogP contribution >= 0.6 is 0 Å². The van der Waals surface area contributed by atoms with Gasteiger partial charge in [0.15, 0.2) is 12.6 Å². The number of rotatable bonds is 13. The second-order valence-electron chi connectivity index (χ2n) is 7.32. The van der Waals surface area contributed by atoms with Gasteiger partial charge in [-0.25, -0.2) is 0 Å². The van der Waals surface area contributed by atoms with Crippen LogP contribution in [0.25, 0.3) is 0 Å². The van der Waals surface area contributed by atoms with E-state index in [2.05, 4.69) is 10.6 Å². The van der Waals surface area contributed by atoms with Gasteiger partial charge in [-0.15, -0.1) is 0 Å². The normalized spacial score (nSPS) is 11.2. The molecular formula is C26H26N2O8. The van der Waals surface area contributed by atoms with Gasteiger partial charge in [0.25, 0.3) is 11.8 Å². The first-order valence-corrected chi connectivity index (χ1v) is 11.1. The molecule has 10 heteroatoms. The number of nitrogens with one attached hydrogen (secondary N) is 2. The molecule has 0 saturated carbocycles. The Hall–Kier alpha value is -4.60. The summed E-state index contributed by atoms with van der Waals surface area (Å²) in [5.41, 5.74) is 0.713. The topological polar surface area (TPSA) is 145 Å². The Morgan fingerprint density at radius 3 is 1.81 bits per heavy atom. The Balaban J connectivity index is 1.72. The maximum Gasteiger partial charge on any atom is 0.326 e. The molecule has 0 spiro atoms. The third-order valence-electron chi connectivity index (χ3n) is 4.83. The molecule has 0 heterocycles. The van der Waals surface area contributed by atoms with Crippen molar-refractivity contribution in [1.29, 1.82) is 0 Å². The molecule has 36 heavy (non-hydrogen) atoms. The summed E-state index contributed by atoms with van der Waals surface area (Å²) in [5.74, 6) is -2.53. The highest BCUT2D eigenvalue weighted by Crippen LogP contribution is 2.07. The van der Waals surface area contributed by atoms with E-state index in [1.165, 1.54) is 36.4 Å². The van der Waals surface area contributed by atoms with Gasteiger partial charge in [0.2, 0.25) is 0 Å². The summed E-state index contributed by atoms with van der Waals surface area (Å²) in [7, 11) is 0. The van der Waals surface area contributed by atoms with Crippen molar-refractivity contribution < 1.29 is 38.2 Å². The van der Waals surface area contributed by atoms with Crippen LogP contribution in [-0.4, -0.2) is 62.1 Å². The average molecular weight is 495 g/mol. The first-order chi connectivity index (χ1) is 17.4. The molecule has 2 N–H and O–H groups in total. The van der Waals surface area contributed by atoms with Crippen LogP contribution in [0, 0.1) is 0 Å². The van der Waals surface area contributed by atoms with Crippen molar-refractivity contribution in [2.75, 3.05) is 19.7 Å². The zero-order valence-electron chi connectivity index (χ0n) is 19.6. The monoisotopic (exact) mass is 494 g/mol. The van der Waals surface area contributed by atoms with Gasteiger partial charge < -0.3 is 20.1 Å². The van der Waals surface area contributed by atoms with Gasteiger partial charge in [-0.3, -0.25) is 28.8 Å². The lowest BCUT2D eigenvalue weighted by atomic mass is 10.1. The molecule has 2 rings (SSSR count). The second-order valence-corrected chi connectivity index (χ2v) is 7.32. The maximum atomic E-state index is 12.2. The summed E-state index contributed by atoms with van der Waals surface area (Å²) in [4.78, 5) is 70.2. The molecule has 10 nitrogen and oxygen atoms in total. The van der Waals surface area contributed by atoms with Crippen LogP contribution in [0.15, 0.2) is 60.7 Å². The minimum absolute atomic E-state index is 0.118. The van der Waals surface area contributed by atoms with E-state index in [9.17, 15) is 28.8 Å². The van der Waals surface area contributed by atoms with Gasteiger partial charge in [0, 0.05) is 22.3 Å². The van der Waals surface area contributed by atoms with E-state index in [0.29, 0.717) is 19.0 Å². The van der Waals surface area contributed by atoms with E-state index >= 15 is 0 Å². The van der Waals surface area contributed by atoms with E-state index in [-0.39, 0.29) is 35.4 Å². The number of carbonyl (C=O) groups is 6. The third-order valence-corrected chi connectivity index (χ3v) is 4.83. The maximum absolute atomic E-state index is 12.2. The van der Waals surface area contributed by atoms with Crippen LogP contribution in [0.5, 0.6) is 0 Å². The van der Waals surface area contributed by atoms with Crippen molar-refractivity contribution in [1.82, 2.24) is 10.6 Å². The van der Waals surface area contributed by atoms with Crippen LogP contribution < -0.4 is 10.6 Å². The van der Waals surface area contributed by atoms with Crippen molar-refractivity contribution >= 4 is 36.3 Å². The van der Waals surface area contributed by atoms with Gasteiger partial charge >= 0.3 is 11.9 Å². The Kier molecular flexibility index (Phi) is 11.2. The lowest BCUT2D eigenvalue weighted by Gasteiger charge is -2.13. The zero-order chi connectivity index (χ0) is 26.3. The van der Waals surface area contributed by atoms with Crippen LogP contribution in [0.4, 0.5) is 0 Å². The molecule has 188 valence electrons. The summed E-state index contributed by atoms with van der Waals surface area (Å²) < 4.78 is 10.3. The number of hydrogen-bond acceptors (Lipinski definition) is 8. The van der Waals surface area contributed by atoms with Gasteiger partial charge in [-0.1, -0.05) is 43.3 Å². The summed E-state index contributed by atoms with van der Waals surface area (Å²) in [6.45, 7) is 0.879. The fraction of sp³-hybridized carbons (Fsp3) is 0.231. The summed E-state index contributed by atoms with van der Waals surface area (Å²) in [6.07, 6.45) is 3.95. The highest BCUT2D eigenvalue weighted by Gasteiger charge is 2.15. The van der Waals surface area contributed by atoms with Gasteiger partial charge in [0.05, 0.1) is 0 Å². The highest BCUT2D eigenvalue weighted by atomic mass is 16.5. The Morgan fingerprint density at radius 2 is 1.31 bits per heavy atom. The lowest BCUT2D eigenvalue weighted by molar-refractivity contribution is -0.146. The molecule has 0 aliphatic heterocycles. The Bertz CT molecular complexity index is 1140. The smallest absolute Gasteiger partial charge is 0.326 e. The molecule has 0 bridgehead atoms. The molecule has 0 saturated heterocycles. The minimum Gasteiger partial charge on any atom is -0.460 e. The van der Waals surface area contributed by atoms with Gasteiger partial charge in [-0.2, -0.15) is 0 Å². The Morgan fingerprint density at radius 1 is 0.806 bits per heavy atom. The fourth-order valence-electron chi connectivity index (χ4n) is 2.98. The summed E-state index contributed by atoms with van der Waals surface area (Å²) >= 11 is 0. The number of esters is 2. The second kappa shape index (κ2) is 14.6. The number of aldehydes is 2. The summed E-state index contributed by atoms with van der Waals surface area (Å²) in [6, 6.07) is 12.4. The molecule has 0 fully saturated rings. The molecule has 1 unspecified atom stereocenters. The molecule has 0 aromatic heterocycles. The molecule has 2 aromatic rings. The summed E-state index contributed by atoms with van der Waals surface area (Å²) in [5, 5.41) is 4.79. The molecule has 0 aliphatic carbocycles. The van der Waals surface area contributed by atoms with E-state index in [1.54, 1.807) is 31.2 Å². The van der Waals surface area contributed by atoms with E-state index in [0.717, 1.165) is 0 Å². The van der Waals surface area contributed by atoms with Crippen molar-refractivity contribution in [2.45, 2.75) is 19.4 Å². The first-order valence-electron chi connectivity index (χ1n) is 11.1. The SMILES string of the molecule is CCC(/C=C\COC(=O)CNC(=O)c1ccccc1C=O)OC(=O)CNC(=O)c1ccccc1C=O. The van der Waals surface area contributed by atoms with Gasteiger partial charge in [0.1, 0.15) is 25.8 Å². The first kappa shape index (κ1) is 27.6. The number of amides is 2. The number of hydrogen-bond donors (Lipinski definition) is 2. The van der Waals surface area contributed by atoms with Crippen LogP contribution in [0.1, 0.15) is 54.8 Å². The quantitative estimate of drug-likeness (QED) is 0.244. The molecule has 2 aromatic carbocycles. The van der Waals surface area contributed by atoms with E-state index < -0.39 is 36.4 Å². The predicted molar refractivity (Wildman–Crippen MR) is 129 cm³/mol. The molecule has 0 aliphatic rings. The van der Waals surface area contributed by atoms with E-state index in [1.807, 2.05) is 0 Å². The van der Waals surface area contributed by atoms with Crippen molar-refractivity contribution in [2.24, 2.45) is 0 Å². The lowest BCUT2D eigenvalue weighted by Crippen LogP contribution is -2.32. The fourth-order valence-corrected chi connectivity index (χ4v) is 2.98. The van der Waals surface area contributed by atoms with Crippen molar-refractivity contribution in [3.05, 3.63) is 82.9 Å². The molecule has 0 radical (unpaired) electrons. The third kappa shape index (κ3) is 8.64. The largest absolute Gasteiger partial charge is 0.460 e. The Labute approximate surface area is 207 Å². The molecule has 1 atom stereocenters. The minimum atomic E-state index is -0.694. The number of ether oxygens (including phenoxy) is 2. The van der Waals surface area contributed by atoms with Crippen molar-refractivity contribution in [3.63, 3.8) is 0 Å². The molecule has 2 amide bonds. The number of carbonyl (C=O) groups excluding carboxylic acids is 6. The van der Waals surface area contributed by atoms with Crippen LogP contribution in [0.3, 0.4) is 0 Å². The van der Waals surface area contributed by atoms with Crippen molar-refractivity contribution in [3.8, 4) is 0 Å². The standard InChI is InChI=1S/C26H26N2O8/c1-2-20(36-24(32)15-28-26(34)22-12-6-4-9-19(22)17-30)10-7-13-35-23(31)14-27-25(33)21-11-5-3-8-18(21)16-29/h3-12,16-17,20H,2,13-15H2,1H3,(H,27,33)(H,28,34)/b10-7-. The van der Waals surface area contributed by atoms with Crippen LogP contribution in [0.2, 0.25) is 0 Å². The predicted octanol–water partition coefficient (Wildman–Crippen LogP) is 1.89. The average Bonchev–Trinajstić information content (AvgIpc) is 2.91. The van der Waals surface area contributed by atoms with Crippen LogP contribution in [-0.2, 0) is 19.1 Å². The van der Waals surface area contributed by atoms with E-state index in [4.69, 9.17) is 9.47 Å². The number of benzene rings is 2. The molecular weight excluding hydrogens is 468 g/mol. The zero-order valence-corrected chi connectivity index (χ0v) is 19.6.